The Morgan fingerprint density at radius 1 is 1.00 bits per heavy atom. The fourth-order valence-electron chi connectivity index (χ4n) is 11.1. The van der Waals surface area contributed by atoms with Crippen LogP contribution in [0.25, 0.3) is 0 Å². The summed E-state index contributed by atoms with van der Waals surface area (Å²) in [7, 11) is 0. The lowest BCUT2D eigenvalue weighted by Gasteiger charge is -2.58. The maximum absolute atomic E-state index is 14.1. The number of nitrogens with two attached hydrogens (primary N) is 1. The molecule has 6 N–H and O–H groups in total. The number of unbranched alkanes of at least 4 members (excludes halogenated alkanes) is 12. The van der Waals surface area contributed by atoms with Crippen molar-refractivity contribution in [3.8, 4) is 0 Å². The standard InChI is InChI=1S/C45H80N6O5/c1-3-38-22-16-17-27-44(56-38)33-36-24-25-39-41(45(28-19-21-35(2)55-45)49-43(48-44)51(36)39)42(53)54-32-18-14-12-10-8-6-4-5-7-9-11-13-15-23-40-47-30-20-31-50(40)34-37(52)26-29-46/h16,22,35-39,41,43,48-49,52H,3-15,17-21,23-34,46H2,1-2H3/p+1. The van der Waals surface area contributed by atoms with E-state index in [1.165, 1.54) is 81.4 Å². The zero-order valence-corrected chi connectivity index (χ0v) is 35.5. The minimum atomic E-state index is -0.690. The number of β-amino-alcohol motifs (C(OH)–C–C–N with tert-alkyl or cyclic N) is 1. The first-order valence-electron chi connectivity index (χ1n) is 23.6. The van der Waals surface area contributed by atoms with Gasteiger partial charge in [-0.2, -0.15) is 0 Å². The summed E-state index contributed by atoms with van der Waals surface area (Å²) in [6, 6.07) is 0.656. The fraction of sp³-hybridized carbons (Fsp3) is 0.911. The second kappa shape index (κ2) is 22.1. The van der Waals surface area contributed by atoms with Crippen molar-refractivity contribution in [1.29, 1.82) is 0 Å². The molecule has 0 bridgehead atoms. The summed E-state index contributed by atoms with van der Waals surface area (Å²) >= 11 is 0. The van der Waals surface area contributed by atoms with E-state index < -0.39 is 5.72 Å². The highest BCUT2D eigenvalue weighted by atomic mass is 16.6. The number of carbonyl (C=O) groups excluding carboxylic acids is 1. The molecule has 4 saturated heterocycles. The largest absolute Gasteiger partial charge is 0.465 e. The number of quaternary nitrogens is 1. The Kier molecular flexibility index (Phi) is 17.4. The van der Waals surface area contributed by atoms with Crippen LogP contribution < -0.4 is 21.3 Å². The van der Waals surface area contributed by atoms with E-state index in [0.717, 1.165) is 96.6 Å². The molecule has 6 heterocycles. The molecule has 4 fully saturated rings. The number of rotatable bonds is 22. The molecule has 0 aromatic rings. The van der Waals surface area contributed by atoms with Crippen LogP contribution >= 0.6 is 0 Å². The van der Waals surface area contributed by atoms with Crippen molar-refractivity contribution < 1.29 is 29.0 Å². The number of nitrogens with zero attached hydrogens (tertiary/aromatic N) is 2. The van der Waals surface area contributed by atoms with Crippen LogP contribution in [-0.4, -0.2) is 103 Å². The lowest BCUT2D eigenvalue weighted by atomic mass is 9.79. The maximum atomic E-state index is 14.1. The van der Waals surface area contributed by atoms with E-state index in [4.69, 9.17) is 24.9 Å². The van der Waals surface area contributed by atoms with Crippen LogP contribution in [0.1, 0.15) is 174 Å². The van der Waals surface area contributed by atoms with Crippen LogP contribution in [0, 0.1) is 5.92 Å². The van der Waals surface area contributed by atoms with Gasteiger partial charge in [0, 0.05) is 45.3 Å². The van der Waals surface area contributed by atoms with Gasteiger partial charge in [0.25, 0.3) is 0 Å². The van der Waals surface area contributed by atoms with E-state index in [0.29, 0.717) is 32.2 Å². The van der Waals surface area contributed by atoms with Crippen LogP contribution in [0.15, 0.2) is 17.1 Å². The average Bonchev–Trinajstić information content (AvgIpc) is 3.49. The number of carbonyl (C=O) groups is 1. The molecule has 0 aliphatic carbocycles. The van der Waals surface area contributed by atoms with Crippen molar-refractivity contribution in [2.45, 2.75) is 223 Å². The molecule has 0 aromatic heterocycles. The Balaban J connectivity index is 0.830. The Hall–Kier alpha value is -1.60. The zero-order chi connectivity index (χ0) is 39.2. The van der Waals surface area contributed by atoms with Gasteiger partial charge in [-0.1, -0.05) is 89.7 Å². The summed E-state index contributed by atoms with van der Waals surface area (Å²) in [6.45, 7) is 8.03. The van der Waals surface area contributed by atoms with Gasteiger partial charge >= 0.3 is 5.97 Å². The van der Waals surface area contributed by atoms with E-state index >= 15 is 0 Å². The number of allylic oxidation sites excluding steroid dienone is 1. The summed E-state index contributed by atoms with van der Waals surface area (Å²) in [4.78, 5) is 22.6. The molecule has 0 amide bonds. The molecule has 6 aliphatic heterocycles. The summed E-state index contributed by atoms with van der Waals surface area (Å²) in [5.74, 6) is 0.864. The predicted molar refractivity (Wildman–Crippen MR) is 223 cm³/mol. The summed E-state index contributed by atoms with van der Waals surface area (Å²) in [5, 5.41) is 18.1. The van der Waals surface area contributed by atoms with Gasteiger partial charge in [0.1, 0.15) is 17.5 Å². The first-order chi connectivity index (χ1) is 27.4. The van der Waals surface area contributed by atoms with E-state index in [2.05, 4.69) is 41.5 Å². The van der Waals surface area contributed by atoms with Crippen LogP contribution in [-0.2, 0) is 19.0 Å². The molecule has 320 valence electrons. The Labute approximate surface area is 339 Å². The molecule has 0 saturated carbocycles. The highest BCUT2D eigenvalue weighted by molar-refractivity contribution is 5.82. The van der Waals surface area contributed by atoms with Crippen LogP contribution in [0.3, 0.4) is 0 Å². The number of hydrogen-bond acceptors (Lipinski definition) is 10. The molecule has 11 heteroatoms. The molecule has 11 nitrogen and oxygen atoms in total. The molecule has 2 spiro atoms. The Bertz CT molecular complexity index is 1250. The summed E-state index contributed by atoms with van der Waals surface area (Å²) in [6.07, 6.45) is 32.6. The predicted octanol–water partition coefficient (Wildman–Crippen LogP) is 5.84. The number of aliphatic imine (C=N–C) groups is 1. The number of aliphatic hydroxyl groups excluding tert-OH is 1. The van der Waals surface area contributed by atoms with Gasteiger partial charge in [-0.3, -0.25) is 9.79 Å². The number of ether oxygens (including phenoxy) is 3. The first kappa shape index (κ1) is 44.0. The number of esters is 1. The average molecular weight is 786 g/mol. The minimum absolute atomic E-state index is 0.00473. The molecule has 0 radical (unpaired) electrons. The van der Waals surface area contributed by atoms with Crippen LogP contribution in [0.4, 0.5) is 0 Å². The van der Waals surface area contributed by atoms with Gasteiger partial charge in [-0.15, -0.1) is 0 Å². The van der Waals surface area contributed by atoms with E-state index in [1.54, 1.807) is 0 Å². The van der Waals surface area contributed by atoms with Crippen molar-refractivity contribution in [2.75, 3.05) is 32.8 Å². The normalized spacial score (nSPS) is 34.7. The molecule has 6 aliphatic rings. The van der Waals surface area contributed by atoms with E-state index in [1.807, 2.05) is 0 Å². The third kappa shape index (κ3) is 11.8. The summed E-state index contributed by atoms with van der Waals surface area (Å²) in [5.41, 5.74) is 4.59. The molecule has 10 unspecified atom stereocenters. The maximum Gasteiger partial charge on any atom is 0.319 e. The van der Waals surface area contributed by atoms with Crippen molar-refractivity contribution in [2.24, 2.45) is 16.6 Å². The minimum Gasteiger partial charge on any atom is -0.465 e. The summed E-state index contributed by atoms with van der Waals surface area (Å²) < 4.78 is 19.8. The van der Waals surface area contributed by atoms with Crippen molar-refractivity contribution in [3.05, 3.63) is 12.2 Å². The third-order valence-electron chi connectivity index (χ3n) is 14.0. The SMILES string of the molecule is CCC1C=CCCC2(CC3CCC4C(C(=O)OCCCCCCCCCCCCCCCC5=NCCCN5CC(O)CCN)C5(CCCC(C)O5)NC(N2)[NH+]34)O1. The third-order valence-corrected chi connectivity index (χ3v) is 14.0. The molecule has 6 rings (SSSR count). The molecular formula is C45H81N6O5+. The van der Waals surface area contributed by atoms with Gasteiger partial charge in [0.2, 0.25) is 6.29 Å². The number of nitrogens with one attached hydrogen (secondary N) is 3. The Morgan fingerprint density at radius 2 is 1.73 bits per heavy atom. The molecule has 0 aromatic carbocycles. The second-order valence-electron chi connectivity index (χ2n) is 18.4. The van der Waals surface area contributed by atoms with Gasteiger partial charge in [0.15, 0.2) is 5.92 Å². The first-order valence-corrected chi connectivity index (χ1v) is 23.6. The second-order valence-corrected chi connectivity index (χ2v) is 18.4. The number of amidine groups is 1. The topological polar surface area (TPSA) is 135 Å². The molecular weight excluding hydrogens is 705 g/mol. The van der Waals surface area contributed by atoms with Crippen molar-refractivity contribution in [3.63, 3.8) is 0 Å². The van der Waals surface area contributed by atoms with E-state index in [-0.39, 0.29) is 48.3 Å². The van der Waals surface area contributed by atoms with Gasteiger partial charge < -0.3 is 34.9 Å². The van der Waals surface area contributed by atoms with E-state index in [9.17, 15) is 9.90 Å². The van der Waals surface area contributed by atoms with Crippen molar-refractivity contribution >= 4 is 11.8 Å². The van der Waals surface area contributed by atoms with Gasteiger partial charge in [-0.25, -0.2) is 10.6 Å². The van der Waals surface area contributed by atoms with Gasteiger partial charge in [-0.05, 0) is 77.7 Å². The quantitative estimate of drug-likeness (QED) is 0.0521. The van der Waals surface area contributed by atoms with Gasteiger partial charge in [0.05, 0.1) is 36.8 Å². The molecule has 56 heavy (non-hydrogen) atoms. The zero-order valence-electron chi connectivity index (χ0n) is 35.5. The van der Waals surface area contributed by atoms with Crippen LogP contribution in [0.2, 0.25) is 0 Å². The smallest absolute Gasteiger partial charge is 0.319 e. The molecule has 10 atom stereocenters. The fourth-order valence-corrected chi connectivity index (χ4v) is 11.1. The number of hydrogen-bond donors (Lipinski definition) is 5. The van der Waals surface area contributed by atoms with Crippen LogP contribution in [0.5, 0.6) is 0 Å². The lowest BCUT2D eigenvalue weighted by Crippen LogP contribution is -3.29. The monoisotopic (exact) mass is 786 g/mol. The number of aliphatic hydroxyl groups is 1. The van der Waals surface area contributed by atoms with Crippen molar-refractivity contribution in [1.82, 2.24) is 15.5 Å². The highest BCUT2D eigenvalue weighted by Gasteiger charge is 2.66. The lowest BCUT2D eigenvalue weighted by molar-refractivity contribution is -0.985. The Morgan fingerprint density at radius 3 is 2.45 bits per heavy atom. The highest BCUT2D eigenvalue weighted by Crippen LogP contribution is 2.42.